The Labute approximate surface area is 150 Å². The minimum Gasteiger partial charge on any atom is -0.462 e. The molecule has 24 heavy (non-hydrogen) atoms. The van der Waals surface area contributed by atoms with Crippen LogP contribution in [0.2, 0.25) is 0 Å². The molecule has 0 spiro atoms. The van der Waals surface area contributed by atoms with Gasteiger partial charge in [-0.3, -0.25) is 0 Å². The minimum atomic E-state index is -0.0337. The molecule has 4 heteroatoms. The molecule has 1 unspecified atom stereocenters. The molecule has 0 heterocycles. The molecule has 0 radical (unpaired) electrons. The summed E-state index contributed by atoms with van der Waals surface area (Å²) in [6.45, 7) is 6.63. The van der Waals surface area contributed by atoms with E-state index in [1.165, 1.54) is 64.2 Å². The zero-order chi connectivity index (χ0) is 17.9. The number of esters is 1. The number of hydrogen-bond acceptors (Lipinski definition) is 2. The lowest BCUT2D eigenvalue weighted by Crippen LogP contribution is -2.92. The van der Waals surface area contributed by atoms with Crippen molar-refractivity contribution in [2.45, 2.75) is 103 Å². The molecule has 0 saturated heterocycles. The van der Waals surface area contributed by atoms with Gasteiger partial charge in [-0.25, -0.2) is 4.79 Å². The van der Waals surface area contributed by atoms with E-state index in [-0.39, 0.29) is 12.0 Å². The highest BCUT2D eigenvalue weighted by molar-refractivity contribution is 5.73. The molecule has 144 valence electrons. The molecular weight excluding hydrogens is 300 g/mol. The zero-order valence-corrected chi connectivity index (χ0v) is 16.5. The van der Waals surface area contributed by atoms with Gasteiger partial charge in [-0.1, -0.05) is 58.3 Å². The van der Waals surface area contributed by atoms with Crippen molar-refractivity contribution >= 4 is 5.97 Å². The first-order valence-electron chi connectivity index (χ1n) is 10.5. The maximum absolute atomic E-state index is 12.0. The maximum atomic E-state index is 12.0. The maximum Gasteiger partial charge on any atom is 0.364 e. The van der Waals surface area contributed by atoms with E-state index in [2.05, 4.69) is 18.0 Å². The average Bonchev–Trinajstić information content (AvgIpc) is 2.58. The summed E-state index contributed by atoms with van der Waals surface area (Å²) < 4.78 is 5.20. The third kappa shape index (κ3) is 14.9. The van der Waals surface area contributed by atoms with Gasteiger partial charge in [-0.05, 0) is 32.6 Å². The second-order valence-corrected chi connectivity index (χ2v) is 6.91. The van der Waals surface area contributed by atoms with Gasteiger partial charge >= 0.3 is 5.97 Å². The van der Waals surface area contributed by atoms with Gasteiger partial charge in [0.2, 0.25) is 0 Å². The lowest BCUT2D eigenvalue weighted by atomic mass is 10.1. The number of carbonyl (C=O) groups is 1. The number of carbonyl (C=O) groups excluding carboxylic acids is 1. The highest BCUT2D eigenvalue weighted by Crippen LogP contribution is 2.10. The van der Waals surface area contributed by atoms with Gasteiger partial charge < -0.3 is 15.8 Å². The van der Waals surface area contributed by atoms with Crippen molar-refractivity contribution < 1.29 is 20.6 Å². The number of unbranched alkanes of at least 4 members (excludes halogenated alkanes) is 10. The predicted octanol–water partition coefficient (Wildman–Crippen LogP) is 2.81. The molecule has 5 N–H and O–H groups in total. The standard InChI is InChI=1S/C20H42N2O2/c1-3-5-6-7-8-9-10-11-12-15-18-22-19(16-13-14-17-21)20(23)24-4-2/h19,22H,3-18,21H2,1-2H3/p+2. The summed E-state index contributed by atoms with van der Waals surface area (Å²) in [4.78, 5) is 12.0. The molecule has 0 saturated carbocycles. The fraction of sp³-hybridized carbons (Fsp3) is 0.950. The number of hydrogen-bond donors (Lipinski definition) is 2. The first-order valence-corrected chi connectivity index (χ1v) is 10.5. The van der Waals surface area contributed by atoms with Crippen LogP contribution in [0.15, 0.2) is 0 Å². The molecule has 1 atom stereocenters. The number of nitrogens with two attached hydrogens (primary N) is 1. The van der Waals surface area contributed by atoms with E-state index in [9.17, 15) is 4.79 Å². The summed E-state index contributed by atoms with van der Waals surface area (Å²) in [5.74, 6) is -0.0337. The lowest BCUT2D eigenvalue weighted by molar-refractivity contribution is -0.679. The molecule has 0 bridgehead atoms. The Kier molecular flexibility index (Phi) is 18.2. The van der Waals surface area contributed by atoms with Gasteiger partial charge in [0.15, 0.2) is 6.04 Å². The van der Waals surface area contributed by atoms with Crippen molar-refractivity contribution in [3.8, 4) is 0 Å². The Bertz CT molecular complexity index is 272. The van der Waals surface area contributed by atoms with Crippen LogP contribution >= 0.6 is 0 Å². The van der Waals surface area contributed by atoms with E-state index >= 15 is 0 Å². The molecule has 0 fully saturated rings. The third-order valence-electron chi connectivity index (χ3n) is 4.61. The third-order valence-corrected chi connectivity index (χ3v) is 4.61. The van der Waals surface area contributed by atoms with Crippen molar-refractivity contribution in [1.29, 1.82) is 0 Å². The Morgan fingerprint density at radius 2 is 1.46 bits per heavy atom. The highest BCUT2D eigenvalue weighted by atomic mass is 16.5. The molecule has 0 rings (SSSR count). The molecule has 0 aliphatic heterocycles. The summed E-state index contributed by atoms with van der Waals surface area (Å²) >= 11 is 0. The van der Waals surface area contributed by atoms with Crippen LogP contribution in [0.1, 0.15) is 97.3 Å². The monoisotopic (exact) mass is 344 g/mol. The second kappa shape index (κ2) is 18.7. The van der Waals surface area contributed by atoms with Crippen molar-refractivity contribution in [3.63, 3.8) is 0 Å². The van der Waals surface area contributed by atoms with Crippen LogP contribution in [0.3, 0.4) is 0 Å². The van der Waals surface area contributed by atoms with Crippen LogP contribution in [0, 0.1) is 0 Å². The SMILES string of the molecule is CCCCCCCCCCCC[NH2+]C(CCCC[NH3+])C(=O)OCC. The molecule has 0 aliphatic rings. The normalized spacial score (nSPS) is 12.3. The van der Waals surface area contributed by atoms with Gasteiger partial charge in [-0.15, -0.1) is 0 Å². The van der Waals surface area contributed by atoms with Gasteiger partial charge in [0, 0.05) is 6.42 Å². The Morgan fingerprint density at radius 1 is 0.875 bits per heavy atom. The predicted molar refractivity (Wildman–Crippen MR) is 101 cm³/mol. The summed E-state index contributed by atoms with van der Waals surface area (Å²) in [7, 11) is 0. The van der Waals surface area contributed by atoms with Crippen LogP contribution in [0.4, 0.5) is 0 Å². The van der Waals surface area contributed by atoms with Crippen molar-refractivity contribution in [1.82, 2.24) is 0 Å². The number of ether oxygens (including phenoxy) is 1. The van der Waals surface area contributed by atoms with Crippen molar-refractivity contribution in [2.24, 2.45) is 0 Å². The molecule has 0 aromatic rings. The van der Waals surface area contributed by atoms with Gasteiger partial charge in [0.25, 0.3) is 0 Å². The molecule has 0 aliphatic carbocycles. The number of rotatable bonds is 18. The van der Waals surface area contributed by atoms with E-state index < -0.39 is 0 Å². The first kappa shape index (κ1) is 23.4. The van der Waals surface area contributed by atoms with E-state index in [4.69, 9.17) is 4.74 Å². The molecule has 0 aromatic carbocycles. The van der Waals surface area contributed by atoms with E-state index in [0.717, 1.165) is 32.4 Å². The lowest BCUT2D eigenvalue weighted by Gasteiger charge is -2.14. The molecular formula is C20H44N2O2+2. The zero-order valence-electron chi connectivity index (χ0n) is 16.5. The Balaban J connectivity index is 3.59. The van der Waals surface area contributed by atoms with Gasteiger partial charge in [0.1, 0.15) is 0 Å². The van der Waals surface area contributed by atoms with Crippen LogP contribution in [0.25, 0.3) is 0 Å². The molecule has 0 amide bonds. The van der Waals surface area contributed by atoms with Crippen LogP contribution in [-0.2, 0) is 9.53 Å². The Morgan fingerprint density at radius 3 is 2.00 bits per heavy atom. The quantitative estimate of drug-likeness (QED) is 0.296. The second-order valence-electron chi connectivity index (χ2n) is 6.91. The minimum absolute atomic E-state index is 0.00457. The van der Waals surface area contributed by atoms with Crippen LogP contribution < -0.4 is 11.1 Å². The topological polar surface area (TPSA) is 70.5 Å². The van der Waals surface area contributed by atoms with Gasteiger partial charge in [-0.2, -0.15) is 0 Å². The smallest absolute Gasteiger partial charge is 0.364 e. The Hall–Kier alpha value is -0.610. The van der Waals surface area contributed by atoms with E-state index in [0.29, 0.717) is 6.61 Å². The van der Waals surface area contributed by atoms with Crippen LogP contribution in [-0.4, -0.2) is 31.7 Å². The average molecular weight is 345 g/mol. The summed E-state index contributed by atoms with van der Waals surface area (Å²) in [5.41, 5.74) is 3.87. The van der Waals surface area contributed by atoms with E-state index in [1.807, 2.05) is 6.92 Å². The fourth-order valence-electron chi connectivity index (χ4n) is 3.07. The van der Waals surface area contributed by atoms with Crippen molar-refractivity contribution in [2.75, 3.05) is 19.7 Å². The largest absolute Gasteiger partial charge is 0.462 e. The first-order chi connectivity index (χ1) is 11.8. The number of quaternary nitrogens is 2. The fourth-order valence-corrected chi connectivity index (χ4v) is 3.07. The van der Waals surface area contributed by atoms with Crippen molar-refractivity contribution in [3.05, 3.63) is 0 Å². The summed E-state index contributed by atoms with van der Waals surface area (Å²) in [5, 5.41) is 2.20. The molecule has 0 aromatic heterocycles. The highest BCUT2D eigenvalue weighted by Gasteiger charge is 2.22. The van der Waals surface area contributed by atoms with Gasteiger partial charge in [0.05, 0.1) is 19.7 Å². The summed E-state index contributed by atoms with van der Waals surface area (Å²) in [6.07, 6.45) is 16.7. The summed E-state index contributed by atoms with van der Waals surface area (Å²) in [6, 6.07) is -0.00457. The molecule has 4 nitrogen and oxygen atoms in total. The van der Waals surface area contributed by atoms with Crippen LogP contribution in [0.5, 0.6) is 0 Å². The van der Waals surface area contributed by atoms with E-state index in [1.54, 1.807) is 0 Å².